The van der Waals surface area contributed by atoms with Crippen molar-refractivity contribution in [3.63, 3.8) is 0 Å². The molecule has 0 saturated carbocycles. The van der Waals surface area contributed by atoms with Gasteiger partial charge in [-0.1, -0.05) is 6.07 Å². The molecule has 13 heteroatoms. The Morgan fingerprint density at radius 3 is 2.05 bits per heavy atom. The molecule has 198 valence electrons. The number of rotatable bonds is 8. The van der Waals surface area contributed by atoms with Gasteiger partial charge in [-0.3, -0.25) is 9.44 Å². The van der Waals surface area contributed by atoms with Crippen molar-refractivity contribution in [1.29, 1.82) is 0 Å². The maximum Gasteiger partial charge on any atom is 0.416 e. The molecule has 4 rings (SSSR count). The number of halogens is 3. The van der Waals surface area contributed by atoms with E-state index in [1.807, 2.05) is 4.90 Å². The number of hydrogen-bond acceptors (Lipinski definition) is 6. The van der Waals surface area contributed by atoms with Gasteiger partial charge in [0, 0.05) is 18.8 Å². The highest BCUT2D eigenvalue weighted by atomic mass is 32.2. The van der Waals surface area contributed by atoms with Crippen molar-refractivity contribution in [3.05, 3.63) is 72.3 Å². The Labute approximate surface area is 213 Å². The van der Waals surface area contributed by atoms with Crippen LogP contribution in [0, 0.1) is 0 Å². The molecule has 3 aromatic carbocycles. The van der Waals surface area contributed by atoms with Crippen molar-refractivity contribution >= 4 is 37.1 Å². The summed E-state index contributed by atoms with van der Waals surface area (Å²) in [7, 11) is -7.03. The summed E-state index contributed by atoms with van der Waals surface area (Å²) in [5, 5.41) is 0. The minimum absolute atomic E-state index is 0.0248. The van der Waals surface area contributed by atoms with Crippen LogP contribution in [0.15, 0.2) is 76.5 Å². The fraction of sp³-hybridized carbons (Fsp3) is 0.250. The molecule has 0 spiro atoms. The highest BCUT2D eigenvalue weighted by Crippen LogP contribution is 2.35. The van der Waals surface area contributed by atoms with E-state index in [0.717, 1.165) is 31.0 Å². The lowest BCUT2D eigenvalue weighted by Crippen LogP contribution is -2.23. The van der Waals surface area contributed by atoms with Crippen molar-refractivity contribution in [3.8, 4) is 5.75 Å². The van der Waals surface area contributed by atoms with E-state index in [9.17, 15) is 30.0 Å². The summed E-state index contributed by atoms with van der Waals surface area (Å²) in [6.45, 7) is 1.17. The lowest BCUT2D eigenvalue weighted by Gasteiger charge is -2.23. The maximum atomic E-state index is 13.4. The number of benzene rings is 3. The summed E-state index contributed by atoms with van der Waals surface area (Å²) in [5.41, 5.74) is -0.979. The van der Waals surface area contributed by atoms with Crippen molar-refractivity contribution in [1.82, 2.24) is 0 Å². The van der Waals surface area contributed by atoms with Gasteiger partial charge in [-0.2, -0.15) is 13.2 Å². The molecule has 1 aliphatic rings. The molecule has 1 aliphatic heterocycles. The fourth-order valence-electron chi connectivity index (χ4n) is 3.95. The number of ether oxygens (including phenoxy) is 1. The first-order chi connectivity index (χ1) is 17.4. The molecular formula is C24H24F3N3O5S2. The summed E-state index contributed by atoms with van der Waals surface area (Å²) in [6.07, 6.45) is -2.97. The van der Waals surface area contributed by atoms with Gasteiger partial charge in [-0.15, -0.1) is 0 Å². The van der Waals surface area contributed by atoms with Gasteiger partial charge in [0.05, 0.1) is 28.9 Å². The van der Waals surface area contributed by atoms with Crippen LogP contribution in [0.4, 0.5) is 30.2 Å². The van der Waals surface area contributed by atoms with Crippen LogP contribution in [0.25, 0.3) is 0 Å². The van der Waals surface area contributed by atoms with E-state index in [4.69, 9.17) is 4.74 Å². The van der Waals surface area contributed by atoms with Crippen LogP contribution in [0.2, 0.25) is 0 Å². The Morgan fingerprint density at radius 2 is 1.43 bits per heavy atom. The molecule has 0 atom stereocenters. The lowest BCUT2D eigenvalue weighted by molar-refractivity contribution is -0.137. The first-order valence-electron chi connectivity index (χ1n) is 11.1. The Kier molecular flexibility index (Phi) is 7.29. The van der Waals surface area contributed by atoms with E-state index < -0.39 is 31.8 Å². The Hall–Kier alpha value is -3.45. The number of methoxy groups -OCH3 is 1. The maximum absolute atomic E-state index is 13.4. The summed E-state index contributed by atoms with van der Waals surface area (Å²) in [6, 6.07) is 13.5. The second-order valence-corrected chi connectivity index (χ2v) is 11.7. The molecule has 0 aromatic heterocycles. The average Bonchev–Trinajstić information content (AvgIpc) is 3.38. The quantitative estimate of drug-likeness (QED) is 0.409. The van der Waals surface area contributed by atoms with Crippen LogP contribution in [-0.2, 0) is 26.2 Å². The van der Waals surface area contributed by atoms with Gasteiger partial charge in [0.2, 0.25) is 0 Å². The minimum Gasteiger partial charge on any atom is -0.497 e. The molecule has 0 unspecified atom stereocenters. The van der Waals surface area contributed by atoms with Crippen molar-refractivity contribution in [2.75, 3.05) is 34.5 Å². The highest BCUT2D eigenvalue weighted by molar-refractivity contribution is 7.93. The molecule has 37 heavy (non-hydrogen) atoms. The van der Waals surface area contributed by atoms with Gasteiger partial charge in [-0.05, 0) is 73.5 Å². The van der Waals surface area contributed by atoms with E-state index in [2.05, 4.69) is 9.44 Å². The smallest absolute Gasteiger partial charge is 0.416 e. The molecule has 1 heterocycles. The third kappa shape index (κ3) is 6.10. The number of nitrogens with one attached hydrogen (secondary N) is 2. The zero-order valence-electron chi connectivity index (χ0n) is 19.6. The third-order valence-corrected chi connectivity index (χ3v) is 8.57. The largest absolute Gasteiger partial charge is 0.497 e. The monoisotopic (exact) mass is 555 g/mol. The molecule has 3 aromatic rings. The number of sulfonamides is 2. The zero-order valence-corrected chi connectivity index (χ0v) is 21.3. The molecule has 2 N–H and O–H groups in total. The minimum atomic E-state index is -4.65. The van der Waals surface area contributed by atoms with Gasteiger partial charge in [0.1, 0.15) is 10.6 Å². The van der Waals surface area contributed by atoms with Gasteiger partial charge in [-0.25, -0.2) is 16.8 Å². The number of alkyl halides is 3. The number of hydrogen-bond donors (Lipinski definition) is 2. The molecular weight excluding hydrogens is 531 g/mol. The molecule has 0 radical (unpaired) electrons. The van der Waals surface area contributed by atoms with Gasteiger partial charge < -0.3 is 9.64 Å². The predicted octanol–water partition coefficient (Wildman–Crippen LogP) is 4.92. The van der Waals surface area contributed by atoms with E-state index >= 15 is 0 Å². The number of anilines is 3. The van der Waals surface area contributed by atoms with Crippen molar-refractivity contribution in [2.24, 2.45) is 0 Å². The van der Waals surface area contributed by atoms with Crippen LogP contribution in [0.3, 0.4) is 0 Å². The van der Waals surface area contributed by atoms with Crippen molar-refractivity contribution in [2.45, 2.75) is 28.8 Å². The van der Waals surface area contributed by atoms with Crippen molar-refractivity contribution < 1.29 is 34.7 Å². The van der Waals surface area contributed by atoms with Gasteiger partial charge in [0.25, 0.3) is 20.0 Å². The van der Waals surface area contributed by atoms with Crippen LogP contribution < -0.4 is 19.1 Å². The van der Waals surface area contributed by atoms with E-state index in [1.54, 1.807) is 0 Å². The van der Waals surface area contributed by atoms with E-state index in [0.29, 0.717) is 30.6 Å². The van der Waals surface area contributed by atoms with Crippen LogP contribution in [0.5, 0.6) is 5.75 Å². The molecule has 0 amide bonds. The molecule has 0 aliphatic carbocycles. The van der Waals surface area contributed by atoms with Crippen LogP contribution in [-0.4, -0.2) is 37.0 Å². The Bertz CT molecular complexity index is 1490. The van der Waals surface area contributed by atoms with E-state index in [1.165, 1.54) is 49.6 Å². The molecule has 1 saturated heterocycles. The van der Waals surface area contributed by atoms with E-state index in [-0.39, 0.29) is 21.2 Å². The predicted molar refractivity (Wildman–Crippen MR) is 134 cm³/mol. The summed E-state index contributed by atoms with van der Waals surface area (Å²) >= 11 is 0. The summed E-state index contributed by atoms with van der Waals surface area (Å²) in [5.74, 6) is 0.461. The summed E-state index contributed by atoms with van der Waals surface area (Å²) in [4.78, 5) is 1.51. The third-order valence-electron chi connectivity index (χ3n) is 5.76. The normalized spacial score (nSPS) is 14.4. The van der Waals surface area contributed by atoms with Gasteiger partial charge >= 0.3 is 6.18 Å². The second kappa shape index (κ2) is 10.1. The average molecular weight is 556 g/mol. The van der Waals surface area contributed by atoms with Crippen LogP contribution in [0.1, 0.15) is 18.4 Å². The molecule has 8 nitrogen and oxygen atoms in total. The summed E-state index contributed by atoms with van der Waals surface area (Å²) < 4.78 is 102. The van der Waals surface area contributed by atoms with Gasteiger partial charge in [0.15, 0.2) is 0 Å². The highest BCUT2D eigenvalue weighted by Gasteiger charge is 2.31. The SMILES string of the molecule is COc1ccc(S(=O)(=O)Nc2ccc(N3CCCC3)c(S(=O)(=O)Nc3cccc(C(F)(F)F)c3)c2)cc1. The topological polar surface area (TPSA) is 105 Å². The molecule has 1 fully saturated rings. The standard InChI is InChI=1S/C24H24F3N3O5S2/c1-35-20-8-10-21(11-9-20)36(31,32)28-19-7-12-22(30-13-2-3-14-30)23(16-19)37(33,34)29-18-6-4-5-17(15-18)24(25,26)27/h4-12,15-16,28-29H,2-3,13-14H2,1H3. The number of nitrogens with zero attached hydrogens (tertiary/aromatic N) is 1. The Balaban J connectivity index is 1.70. The first-order valence-corrected chi connectivity index (χ1v) is 14.1. The second-order valence-electron chi connectivity index (χ2n) is 8.34. The first kappa shape index (κ1) is 26.6. The molecule has 0 bridgehead atoms. The van der Waals surface area contributed by atoms with Crippen LogP contribution >= 0.6 is 0 Å². The zero-order chi connectivity index (χ0) is 26.8. The Morgan fingerprint density at radius 1 is 0.811 bits per heavy atom. The fourth-order valence-corrected chi connectivity index (χ4v) is 6.30. The lowest BCUT2D eigenvalue weighted by atomic mass is 10.2.